The number of β-amino-alcohol motifs (C(OH)–C–C–N with tert-alkyl or cyclic N) is 1. The molecule has 0 atom stereocenters. The third-order valence-electron chi connectivity index (χ3n) is 2.98. The molecule has 2 aromatic rings. The quantitative estimate of drug-likeness (QED) is 0.828. The highest BCUT2D eigenvalue weighted by atomic mass is 16.4. The van der Waals surface area contributed by atoms with Crippen molar-refractivity contribution in [3.63, 3.8) is 0 Å². The zero-order valence-electron chi connectivity index (χ0n) is 9.72. The van der Waals surface area contributed by atoms with Gasteiger partial charge in [0, 0.05) is 18.5 Å². The van der Waals surface area contributed by atoms with Crippen molar-refractivity contribution in [1.82, 2.24) is 9.99 Å². The summed E-state index contributed by atoms with van der Waals surface area (Å²) in [6, 6.07) is 5.54. The predicted octanol–water partition coefficient (Wildman–Crippen LogP) is 0.523. The van der Waals surface area contributed by atoms with Crippen LogP contribution in [0.15, 0.2) is 32.5 Å². The topological polar surface area (TPSA) is 81.8 Å². The molecule has 1 aliphatic heterocycles. The Hall–Kier alpha value is -2.08. The minimum absolute atomic E-state index is 0.0997. The van der Waals surface area contributed by atoms with Crippen LogP contribution in [0.25, 0.3) is 11.1 Å². The first-order chi connectivity index (χ1) is 8.76. The number of aromatic amines is 1. The molecule has 2 heterocycles. The number of nitrogens with one attached hydrogen (secondary N) is 1. The Morgan fingerprint density at radius 2 is 2.39 bits per heavy atom. The summed E-state index contributed by atoms with van der Waals surface area (Å²) in [6.07, 6.45) is 0.833. The van der Waals surface area contributed by atoms with E-state index in [-0.39, 0.29) is 6.61 Å². The minimum Gasteiger partial charge on any atom is -0.408 e. The lowest BCUT2D eigenvalue weighted by Gasteiger charge is -2.09. The Morgan fingerprint density at radius 1 is 1.50 bits per heavy atom. The number of aliphatic hydroxyl groups is 1. The molecule has 94 valence electrons. The number of aliphatic hydroxyl groups excluding tert-OH is 1. The van der Waals surface area contributed by atoms with E-state index in [1.807, 2.05) is 23.2 Å². The third kappa shape index (κ3) is 1.91. The SMILES string of the molecule is O=c1[nH]c2ccc(C3=NN(CCO)CC3)cc2o1. The fourth-order valence-electron chi connectivity index (χ4n) is 2.11. The molecule has 0 amide bonds. The van der Waals surface area contributed by atoms with Crippen LogP contribution in [0.3, 0.4) is 0 Å². The van der Waals surface area contributed by atoms with Crippen molar-refractivity contribution in [3.8, 4) is 0 Å². The smallest absolute Gasteiger partial charge is 0.408 e. The first kappa shape index (κ1) is 11.0. The summed E-state index contributed by atoms with van der Waals surface area (Å²) in [7, 11) is 0. The molecule has 0 saturated heterocycles. The standard InChI is InChI=1S/C12H13N3O3/c16-6-5-15-4-3-9(14-15)8-1-2-10-11(7-8)18-12(17)13-10/h1-2,7,16H,3-6H2,(H,13,17). The number of fused-ring (bicyclic) bond motifs is 1. The molecule has 0 radical (unpaired) electrons. The van der Waals surface area contributed by atoms with Gasteiger partial charge in [-0.25, -0.2) is 4.79 Å². The fraction of sp³-hybridized carbons (Fsp3) is 0.333. The zero-order chi connectivity index (χ0) is 12.5. The van der Waals surface area contributed by atoms with Gasteiger partial charge in [-0.3, -0.25) is 9.99 Å². The van der Waals surface area contributed by atoms with Crippen molar-refractivity contribution in [3.05, 3.63) is 34.3 Å². The van der Waals surface area contributed by atoms with Crippen LogP contribution in [0.1, 0.15) is 12.0 Å². The van der Waals surface area contributed by atoms with Gasteiger partial charge in [-0.1, -0.05) is 6.07 Å². The Bertz CT molecular complexity index is 656. The average molecular weight is 247 g/mol. The van der Waals surface area contributed by atoms with Crippen LogP contribution in [0.5, 0.6) is 0 Å². The van der Waals surface area contributed by atoms with E-state index in [1.165, 1.54) is 0 Å². The van der Waals surface area contributed by atoms with Gasteiger partial charge in [-0.15, -0.1) is 0 Å². The normalized spacial score (nSPS) is 15.4. The van der Waals surface area contributed by atoms with E-state index >= 15 is 0 Å². The maximum Gasteiger partial charge on any atom is 0.417 e. The second kappa shape index (κ2) is 4.30. The van der Waals surface area contributed by atoms with Crippen LogP contribution in [0, 0.1) is 0 Å². The van der Waals surface area contributed by atoms with Crippen LogP contribution in [-0.2, 0) is 0 Å². The predicted molar refractivity (Wildman–Crippen MR) is 66.6 cm³/mol. The summed E-state index contributed by atoms with van der Waals surface area (Å²) < 4.78 is 5.02. The third-order valence-corrected chi connectivity index (χ3v) is 2.98. The molecule has 0 fully saturated rings. The van der Waals surface area contributed by atoms with Crippen molar-refractivity contribution in [2.24, 2.45) is 5.10 Å². The second-order valence-electron chi connectivity index (χ2n) is 4.20. The van der Waals surface area contributed by atoms with E-state index in [9.17, 15) is 4.79 Å². The van der Waals surface area contributed by atoms with E-state index in [2.05, 4.69) is 10.1 Å². The molecule has 1 aromatic carbocycles. The van der Waals surface area contributed by atoms with Crippen molar-refractivity contribution >= 4 is 16.8 Å². The van der Waals surface area contributed by atoms with Crippen molar-refractivity contribution in [2.75, 3.05) is 19.7 Å². The first-order valence-corrected chi connectivity index (χ1v) is 5.83. The number of aromatic nitrogens is 1. The molecule has 1 aliphatic rings. The van der Waals surface area contributed by atoms with E-state index in [0.29, 0.717) is 17.6 Å². The van der Waals surface area contributed by atoms with E-state index in [4.69, 9.17) is 9.52 Å². The van der Waals surface area contributed by atoms with Crippen molar-refractivity contribution in [2.45, 2.75) is 6.42 Å². The maximum atomic E-state index is 11.1. The maximum absolute atomic E-state index is 11.1. The summed E-state index contributed by atoms with van der Waals surface area (Å²) in [4.78, 5) is 13.7. The van der Waals surface area contributed by atoms with Crippen LogP contribution in [0.4, 0.5) is 0 Å². The molecule has 0 aliphatic carbocycles. The average Bonchev–Trinajstić information content (AvgIpc) is 2.93. The lowest BCUT2D eigenvalue weighted by molar-refractivity contribution is 0.213. The lowest BCUT2D eigenvalue weighted by atomic mass is 10.1. The number of benzene rings is 1. The molecular formula is C12H13N3O3. The van der Waals surface area contributed by atoms with Crippen molar-refractivity contribution < 1.29 is 9.52 Å². The zero-order valence-corrected chi connectivity index (χ0v) is 9.72. The molecule has 6 nitrogen and oxygen atoms in total. The number of hydrogen-bond acceptors (Lipinski definition) is 5. The molecule has 2 N–H and O–H groups in total. The lowest BCUT2D eigenvalue weighted by Crippen LogP contribution is -2.17. The second-order valence-corrected chi connectivity index (χ2v) is 4.20. The van der Waals surface area contributed by atoms with Gasteiger partial charge in [-0.2, -0.15) is 5.10 Å². The van der Waals surface area contributed by atoms with E-state index in [1.54, 1.807) is 0 Å². The molecule has 6 heteroatoms. The summed E-state index contributed by atoms with van der Waals surface area (Å²) >= 11 is 0. The molecule has 0 saturated carbocycles. The Morgan fingerprint density at radius 3 is 3.22 bits per heavy atom. The van der Waals surface area contributed by atoms with Gasteiger partial charge in [0.15, 0.2) is 5.58 Å². The molecule has 0 bridgehead atoms. The van der Waals surface area contributed by atoms with Gasteiger partial charge in [-0.05, 0) is 12.1 Å². The van der Waals surface area contributed by atoms with Gasteiger partial charge in [0.25, 0.3) is 0 Å². The highest BCUT2D eigenvalue weighted by molar-refractivity contribution is 6.03. The first-order valence-electron chi connectivity index (χ1n) is 5.83. The number of nitrogens with zero attached hydrogens (tertiary/aromatic N) is 2. The molecule has 0 unspecified atom stereocenters. The Labute approximate surface area is 103 Å². The highest BCUT2D eigenvalue weighted by Crippen LogP contribution is 2.17. The summed E-state index contributed by atoms with van der Waals surface area (Å²) in [6.45, 7) is 1.46. The number of oxazole rings is 1. The molecule has 0 spiro atoms. The molecule has 3 rings (SSSR count). The summed E-state index contributed by atoms with van der Waals surface area (Å²) in [5.41, 5.74) is 3.13. The number of hydrazone groups is 1. The summed E-state index contributed by atoms with van der Waals surface area (Å²) in [5.74, 6) is -0.447. The molecule has 1 aromatic heterocycles. The van der Waals surface area contributed by atoms with Gasteiger partial charge in [0.05, 0.1) is 24.4 Å². The van der Waals surface area contributed by atoms with Crippen LogP contribution in [0.2, 0.25) is 0 Å². The van der Waals surface area contributed by atoms with Crippen LogP contribution < -0.4 is 5.76 Å². The molecular weight excluding hydrogens is 234 g/mol. The highest BCUT2D eigenvalue weighted by Gasteiger charge is 2.16. The Kier molecular flexibility index (Phi) is 2.64. The molecule has 18 heavy (non-hydrogen) atoms. The number of H-pyrrole nitrogens is 1. The van der Waals surface area contributed by atoms with Crippen molar-refractivity contribution in [1.29, 1.82) is 0 Å². The van der Waals surface area contributed by atoms with E-state index in [0.717, 1.165) is 24.2 Å². The van der Waals surface area contributed by atoms with Gasteiger partial charge in [0.1, 0.15) is 0 Å². The number of rotatable bonds is 3. The monoisotopic (exact) mass is 247 g/mol. The minimum atomic E-state index is -0.447. The van der Waals surface area contributed by atoms with Crippen LogP contribution in [-0.4, -0.2) is 40.5 Å². The van der Waals surface area contributed by atoms with Gasteiger partial charge in [0.2, 0.25) is 0 Å². The van der Waals surface area contributed by atoms with Gasteiger partial charge >= 0.3 is 5.76 Å². The van der Waals surface area contributed by atoms with Gasteiger partial charge < -0.3 is 9.52 Å². The largest absolute Gasteiger partial charge is 0.417 e. The van der Waals surface area contributed by atoms with E-state index < -0.39 is 5.76 Å². The van der Waals surface area contributed by atoms with Crippen LogP contribution >= 0.6 is 0 Å². The number of hydrogen-bond donors (Lipinski definition) is 2. The Balaban J connectivity index is 1.95. The fourth-order valence-corrected chi connectivity index (χ4v) is 2.11. The summed E-state index contributed by atoms with van der Waals surface area (Å²) in [5, 5.41) is 15.1.